The molecule has 0 saturated heterocycles. The summed E-state index contributed by atoms with van der Waals surface area (Å²) in [5, 5.41) is 6.39. The monoisotopic (exact) mass is 267 g/mol. The molecule has 0 aliphatic carbocycles. The van der Waals surface area contributed by atoms with E-state index in [0.717, 1.165) is 18.3 Å². The molecule has 1 aromatic rings. The Labute approximate surface area is 96.1 Å². The smallest absolute Gasteiger partial charge is 0.303 e. The lowest BCUT2D eigenvalue weighted by atomic mass is 10.2. The molecule has 0 bridgehead atoms. The number of sulfonamides is 1. The first kappa shape index (κ1) is 13.1. The van der Waals surface area contributed by atoms with Crippen LogP contribution in [0.25, 0.3) is 0 Å². The minimum absolute atomic E-state index is 0.0743. The van der Waals surface area contributed by atoms with E-state index in [-0.39, 0.29) is 9.77 Å². The summed E-state index contributed by atoms with van der Waals surface area (Å²) in [6.07, 6.45) is -1.22. The molecule has 0 aromatic carbocycles. The van der Waals surface area contributed by atoms with Gasteiger partial charge in [0.1, 0.15) is 10.9 Å². The molecule has 0 saturated carbocycles. The molecule has 1 rings (SSSR count). The number of thiophene rings is 1. The molecule has 0 radical (unpaired) electrons. The topological polar surface area (TPSA) is 86.5 Å². The molecule has 2 N–H and O–H groups in total. The van der Waals surface area contributed by atoms with Gasteiger partial charge < -0.3 is 4.74 Å². The second-order valence-electron chi connectivity index (χ2n) is 2.96. The van der Waals surface area contributed by atoms with Gasteiger partial charge in [-0.2, -0.15) is 0 Å². The van der Waals surface area contributed by atoms with E-state index in [4.69, 9.17) is 5.14 Å². The molecule has 1 aromatic heterocycles. The SMILES string of the molecule is CC(=O)OC(CF)c1ccsc1S(N)(=O)=O. The van der Waals surface area contributed by atoms with Crippen LogP contribution in [0.3, 0.4) is 0 Å². The van der Waals surface area contributed by atoms with Gasteiger partial charge >= 0.3 is 5.97 Å². The van der Waals surface area contributed by atoms with Crippen LogP contribution in [0.4, 0.5) is 4.39 Å². The Morgan fingerprint density at radius 3 is 2.75 bits per heavy atom. The Kier molecular flexibility index (Phi) is 4.00. The number of esters is 1. The number of alkyl halides is 1. The fraction of sp³-hybridized carbons (Fsp3) is 0.375. The third kappa shape index (κ3) is 3.00. The van der Waals surface area contributed by atoms with Crippen LogP contribution in [-0.4, -0.2) is 21.1 Å². The molecular formula is C8H10FNO4S2. The average molecular weight is 267 g/mol. The predicted molar refractivity (Wildman–Crippen MR) is 56.2 cm³/mol. The highest BCUT2D eigenvalue weighted by Gasteiger charge is 2.24. The maximum atomic E-state index is 12.6. The third-order valence-corrected chi connectivity index (χ3v) is 4.17. The predicted octanol–water partition coefficient (Wildman–Crippen LogP) is 0.969. The minimum Gasteiger partial charge on any atom is -0.455 e. The molecule has 5 nitrogen and oxygen atoms in total. The summed E-state index contributed by atoms with van der Waals surface area (Å²) >= 11 is 0.856. The number of carbonyl (C=O) groups excluding carboxylic acids is 1. The largest absolute Gasteiger partial charge is 0.455 e. The van der Waals surface area contributed by atoms with Crippen LogP contribution in [-0.2, 0) is 19.6 Å². The quantitative estimate of drug-likeness (QED) is 0.823. The molecule has 1 unspecified atom stereocenters. The van der Waals surface area contributed by atoms with Gasteiger partial charge in [-0.15, -0.1) is 11.3 Å². The summed E-state index contributed by atoms with van der Waals surface area (Å²) in [4.78, 5) is 10.7. The average Bonchev–Trinajstić information content (AvgIpc) is 2.61. The first-order valence-electron chi connectivity index (χ1n) is 4.19. The minimum atomic E-state index is -3.92. The number of primary sulfonamides is 1. The second kappa shape index (κ2) is 4.89. The lowest BCUT2D eigenvalue weighted by molar-refractivity contribution is -0.147. The zero-order chi connectivity index (χ0) is 12.3. The van der Waals surface area contributed by atoms with Crippen LogP contribution in [0.5, 0.6) is 0 Å². The molecule has 0 aliphatic heterocycles. The van der Waals surface area contributed by atoms with Crippen molar-refractivity contribution in [3.8, 4) is 0 Å². The molecule has 0 spiro atoms. The molecule has 0 fully saturated rings. The van der Waals surface area contributed by atoms with E-state index in [1.807, 2.05) is 0 Å². The van der Waals surface area contributed by atoms with Crippen LogP contribution in [0.2, 0.25) is 0 Å². The zero-order valence-corrected chi connectivity index (χ0v) is 9.98. The number of carbonyl (C=O) groups is 1. The summed E-state index contributed by atoms with van der Waals surface area (Å²) in [6.45, 7) is 0.116. The molecule has 16 heavy (non-hydrogen) atoms. The van der Waals surface area contributed by atoms with Crippen LogP contribution in [0.15, 0.2) is 15.7 Å². The molecule has 90 valence electrons. The van der Waals surface area contributed by atoms with E-state index >= 15 is 0 Å². The number of hydrogen-bond acceptors (Lipinski definition) is 5. The van der Waals surface area contributed by atoms with Gasteiger partial charge in [0, 0.05) is 12.5 Å². The number of hydrogen-bond donors (Lipinski definition) is 1. The van der Waals surface area contributed by atoms with Gasteiger partial charge in [0.15, 0.2) is 6.10 Å². The molecule has 0 aliphatic rings. The number of halogens is 1. The van der Waals surface area contributed by atoms with Gasteiger partial charge in [0.25, 0.3) is 0 Å². The first-order valence-corrected chi connectivity index (χ1v) is 6.62. The van der Waals surface area contributed by atoms with Crippen LogP contribution >= 0.6 is 11.3 Å². The van der Waals surface area contributed by atoms with Crippen LogP contribution in [0, 0.1) is 0 Å². The zero-order valence-electron chi connectivity index (χ0n) is 8.34. The highest BCUT2D eigenvalue weighted by molar-refractivity contribution is 7.91. The Morgan fingerprint density at radius 1 is 1.69 bits per heavy atom. The van der Waals surface area contributed by atoms with E-state index in [2.05, 4.69) is 4.74 Å². The Hall–Kier alpha value is -0.990. The molecule has 0 amide bonds. The third-order valence-electron chi connectivity index (χ3n) is 1.71. The van der Waals surface area contributed by atoms with Gasteiger partial charge in [-0.1, -0.05) is 0 Å². The van der Waals surface area contributed by atoms with Gasteiger partial charge in [0.2, 0.25) is 10.0 Å². The summed E-state index contributed by atoms with van der Waals surface area (Å²) in [5.41, 5.74) is 0.0743. The summed E-state index contributed by atoms with van der Waals surface area (Å²) < 4.78 is 39.4. The van der Waals surface area contributed by atoms with E-state index < -0.39 is 28.8 Å². The number of ether oxygens (including phenoxy) is 1. The van der Waals surface area contributed by atoms with Crippen LogP contribution in [0.1, 0.15) is 18.6 Å². The van der Waals surface area contributed by atoms with Gasteiger partial charge in [-0.25, -0.2) is 17.9 Å². The Morgan fingerprint density at radius 2 is 2.31 bits per heavy atom. The lowest BCUT2D eigenvalue weighted by Gasteiger charge is -2.13. The highest BCUT2D eigenvalue weighted by Crippen LogP contribution is 2.29. The van der Waals surface area contributed by atoms with Crippen molar-refractivity contribution in [2.75, 3.05) is 6.67 Å². The van der Waals surface area contributed by atoms with Crippen molar-refractivity contribution < 1.29 is 22.3 Å². The van der Waals surface area contributed by atoms with Gasteiger partial charge in [0.05, 0.1) is 0 Å². The van der Waals surface area contributed by atoms with Crippen molar-refractivity contribution in [3.63, 3.8) is 0 Å². The van der Waals surface area contributed by atoms with Crippen molar-refractivity contribution in [2.45, 2.75) is 17.2 Å². The number of rotatable bonds is 4. The molecule has 8 heteroatoms. The summed E-state index contributed by atoms with van der Waals surface area (Å²) in [5.74, 6) is -0.686. The van der Waals surface area contributed by atoms with E-state index in [9.17, 15) is 17.6 Å². The maximum Gasteiger partial charge on any atom is 0.303 e. The Bertz CT molecular complexity index is 482. The summed E-state index contributed by atoms with van der Waals surface area (Å²) in [6, 6.07) is 1.37. The summed E-state index contributed by atoms with van der Waals surface area (Å²) in [7, 11) is -3.92. The standard InChI is InChI=1S/C8H10FNO4S2/c1-5(11)14-7(4-9)6-2-3-15-8(6)16(10,12)13/h2-3,7H,4H2,1H3,(H2,10,12,13). The van der Waals surface area contributed by atoms with Gasteiger partial charge in [-0.05, 0) is 11.4 Å². The van der Waals surface area contributed by atoms with Crippen molar-refractivity contribution in [1.82, 2.24) is 0 Å². The second-order valence-corrected chi connectivity index (χ2v) is 5.63. The molecule has 1 atom stereocenters. The van der Waals surface area contributed by atoms with Crippen molar-refractivity contribution >= 4 is 27.3 Å². The normalized spacial score (nSPS) is 13.4. The van der Waals surface area contributed by atoms with Crippen molar-refractivity contribution in [1.29, 1.82) is 0 Å². The Balaban J connectivity index is 3.12. The van der Waals surface area contributed by atoms with Crippen molar-refractivity contribution in [3.05, 3.63) is 17.0 Å². The van der Waals surface area contributed by atoms with Crippen molar-refractivity contribution in [2.24, 2.45) is 5.14 Å². The highest BCUT2D eigenvalue weighted by atomic mass is 32.2. The maximum absolute atomic E-state index is 12.6. The fourth-order valence-electron chi connectivity index (χ4n) is 1.15. The van der Waals surface area contributed by atoms with E-state index in [1.165, 1.54) is 11.4 Å². The molecular weight excluding hydrogens is 257 g/mol. The lowest BCUT2D eigenvalue weighted by Crippen LogP contribution is -2.17. The fourth-order valence-corrected chi connectivity index (χ4v) is 3.06. The van der Waals surface area contributed by atoms with Crippen LogP contribution < -0.4 is 5.14 Å². The van der Waals surface area contributed by atoms with Gasteiger partial charge in [-0.3, -0.25) is 4.79 Å². The first-order chi connectivity index (χ1) is 7.36. The van der Waals surface area contributed by atoms with E-state index in [0.29, 0.717) is 0 Å². The molecule has 1 heterocycles. The number of nitrogens with two attached hydrogens (primary N) is 1. The van der Waals surface area contributed by atoms with E-state index in [1.54, 1.807) is 0 Å².